The summed E-state index contributed by atoms with van der Waals surface area (Å²) in [5, 5.41) is 10.7. The van der Waals surface area contributed by atoms with Gasteiger partial charge in [-0.05, 0) is 44.3 Å². The topological polar surface area (TPSA) is 72.1 Å². The Labute approximate surface area is 163 Å². The van der Waals surface area contributed by atoms with E-state index >= 15 is 0 Å². The number of ether oxygens (including phenoxy) is 2. The highest BCUT2D eigenvalue weighted by Crippen LogP contribution is 2.32. The van der Waals surface area contributed by atoms with Gasteiger partial charge < -0.3 is 23.9 Å². The molecule has 0 bridgehead atoms. The van der Waals surface area contributed by atoms with Gasteiger partial charge in [0.15, 0.2) is 11.5 Å². The summed E-state index contributed by atoms with van der Waals surface area (Å²) in [5.41, 5.74) is 0.669. The van der Waals surface area contributed by atoms with Crippen molar-refractivity contribution in [2.45, 2.75) is 26.3 Å². The van der Waals surface area contributed by atoms with Crippen molar-refractivity contribution in [1.82, 2.24) is 4.90 Å². The zero-order valence-electron chi connectivity index (χ0n) is 16.4. The molecule has 1 aromatic heterocycles. The molecule has 6 heteroatoms. The van der Waals surface area contributed by atoms with Crippen LogP contribution in [0.15, 0.2) is 51.9 Å². The zero-order chi connectivity index (χ0) is 20.1. The van der Waals surface area contributed by atoms with Gasteiger partial charge in [-0.2, -0.15) is 0 Å². The molecule has 148 valence electrons. The molecule has 0 unspecified atom stereocenters. The third-order valence-corrected chi connectivity index (χ3v) is 4.60. The molecule has 0 saturated heterocycles. The van der Waals surface area contributed by atoms with Crippen LogP contribution in [0.5, 0.6) is 23.0 Å². The molecule has 2 aromatic carbocycles. The van der Waals surface area contributed by atoms with Gasteiger partial charge in [0.25, 0.3) is 0 Å². The van der Waals surface area contributed by atoms with Crippen LogP contribution in [0.4, 0.5) is 0 Å². The van der Waals surface area contributed by atoms with Gasteiger partial charge in [-0.15, -0.1) is 0 Å². The number of methoxy groups -OCH3 is 1. The number of aromatic hydroxyl groups is 1. The quantitative estimate of drug-likeness (QED) is 0.616. The van der Waals surface area contributed by atoms with Gasteiger partial charge in [0.2, 0.25) is 11.2 Å². The first-order valence-electron chi connectivity index (χ1n) is 9.31. The summed E-state index contributed by atoms with van der Waals surface area (Å²) < 4.78 is 16.7. The van der Waals surface area contributed by atoms with Crippen LogP contribution in [-0.2, 0) is 6.54 Å². The summed E-state index contributed by atoms with van der Waals surface area (Å²) in [6.45, 7) is 3.51. The molecule has 0 fully saturated rings. The fourth-order valence-electron chi connectivity index (χ4n) is 3.05. The van der Waals surface area contributed by atoms with E-state index in [1.807, 2.05) is 13.1 Å². The number of hydrogen-bond acceptors (Lipinski definition) is 6. The smallest absolute Gasteiger partial charge is 0.235 e. The van der Waals surface area contributed by atoms with E-state index in [9.17, 15) is 9.90 Å². The average Bonchev–Trinajstić information content (AvgIpc) is 2.71. The number of rotatable bonds is 8. The monoisotopic (exact) mass is 383 g/mol. The Hall–Kier alpha value is -2.99. The average molecular weight is 383 g/mol. The van der Waals surface area contributed by atoms with Gasteiger partial charge in [-0.3, -0.25) is 4.79 Å². The second-order valence-electron chi connectivity index (χ2n) is 6.71. The Kier molecular flexibility index (Phi) is 6.21. The Morgan fingerprint density at radius 1 is 1.11 bits per heavy atom. The highest BCUT2D eigenvalue weighted by atomic mass is 16.5. The van der Waals surface area contributed by atoms with Gasteiger partial charge in [-0.1, -0.05) is 25.5 Å². The van der Waals surface area contributed by atoms with Crippen molar-refractivity contribution in [3.63, 3.8) is 0 Å². The van der Waals surface area contributed by atoms with Crippen LogP contribution in [0.25, 0.3) is 11.0 Å². The third-order valence-electron chi connectivity index (χ3n) is 4.60. The lowest BCUT2D eigenvalue weighted by Gasteiger charge is -2.18. The fraction of sp³-hybridized carbons (Fsp3) is 0.318. The van der Waals surface area contributed by atoms with Crippen molar-refractivity contribution in [2.75, 3.05) is 20.7 Å². The van der Waals surface area contributed by atoms with Crippen molar-refractivity contribution in [2.24, 2.45) is 0 Å². The van der Waals surface area contributed by atoms with Crippen LogP contribution in [0, 0.1) is 0 Å². The molecule has 6 nitrogen and oxygen atoms in total. The maximum atomic E-state index is 12.9. The molecule has 1 heterocycles. The Balaban J connectivity index is 1.98. The van der Waals surface area contributed by atoms with Crippen molar-refractivity contribution >= 4 is 11.0 Å². The van der Waals surface area contributed by atoms with Gasteiger partial charge in [0.05, 0.1) is 18.1 Å². The number of phenols is 1. The number of para-hydroxylation sites is 2. The van der Waals surface area contributed by atoms with Crippen LogP contribution in [0.2, 0.25) is 0 Å². The Bertz CT molecular complexity index is 1010. The summed E-state index contributed by atoms with van der Waals surface area (Å²) in [4.78, 5) is 15.0. The second kappa shape index (κ2) is 8.80. The molecule has 0 atom stereocenters. The van der Waals surface area contributed by atoms with E-state index in [1.54, 1.807) is 24.3 Å². The van der Waals surface area contributed by atoms with Crippen LogP contribution >= 0.6 is 0 Å². The van der Waals surface area contributed by atoms with E-state index in [2.05, 4.69) is 11.8 Å². The van der Waals surface area contributed by atoms with E-state index in [-0.39, 0.29) is 16.9 Å². The van der Waals surface area contributed by atoms with E-state index < -0.39 is 0 Å². The Morgan fingerprint density at radius 2 is 1.86 bits per heavy atom. The Morgan fingerprint density at radius 3 is 2.57 bits per heavy atom. The third kappa shape index (κ3) is 4.12. The van der Waals surface area contributed by atoms with Crippen molar-refractivity contribution in [3.05, 3.63) is 58.4 Å². The second-order valence-corrected chi connectivity index (χ2v) is 6.71. The molecule has 3 rings (SSSR count). The number of phenolic OH excluding ortho intramolecular Hbond substituents is 1. The number of unbranched alkanes of at least 4 members (excludes halogenated alkanes) is 1. The molecular formula is C22H25NO5. The van der Waals surface area contributed by atoms with E-state index in [0.29, 0.717) is 34.6 Å². The predicted octanol–water partition coefficient (Wildman–Crippen LogP) is 4.53. The SMILES string of the molecule is CCCCN(C)Cc1c(O)ccc2c(=O)c(Oc3ccccc3OC)coc12. The molecule has 0 spiro atoms. The van der Waals surface area contributed by atoms with Crippen molar-refractivity contribution < 1.29 is 19.0 Å². The van der Waals surface area contributed by atoms with E-state index in [4.69, 9.17) is 13.9 Å². The number of hydrogen-bond donors (Lipinski definition) is 1. The predicted molar refractivity (Wildman–Crippen MR) is 108 cm³/mol. The number of benzene rings is 2. The highest BCUT2D eigenvalue weighted by Gasteiger charge is 2.17. The lowest BCUT2D eigenvalue weighted by molar-refractivity contribution is 0.314. The first kappa shape index (κ1) is 19.8. The molecule has 0 amide bonds. The minimum Gasteiger partial charge on any atom is -0.507 e. The standard InChI is InChI=1S/C22H25NO5/c1-4-5-12-23(2)13-16-17(24)11-10-15-21(25)20(14-27-22(15)16)28-19-9-7-6-8-18(19)26-3/h6-11,14,24H,4-5,12-13H2,1-3H3. The molecule has 0 aliphatic rings. The molecule has 0 aliphatic heterocycles. The molecule has 28 heavy (non-hydrogen) atoms. The summed E-state index contributed by atoms with van der Waals surface area (Å²) >= 11 is 0. The van der Waals surface area contributed by atoms with Crippen LogP contribution < -0.4 is 14.9 Å². The first-order chi connectivity index (χ1) is 13.5. The fourth-order valence-corrected chi connectivity index (χ4v) is 3.05. The maximum absolute atomic E-state index is 12.9. The molecular weight excluding hydrogens is 358 g/mol. The normalized spacial score (nSPS) is 11.1. The molecule has 0 aliphatic carbocycles. The van der Waals surface area contributed by atoms with Crippen molar-refractivity contribution in [1.29, 1.82) is 0 Å². The summed E-state index contributed by atoms with van der Waals surface area (Å²) in [7, 11) is 3.51. The maximum Gasteiger partial charge on any atom is 0.235 e. The summed E-state index contributed by atoms with van der Waals surface area (Å²) in [6, 6.07) is 10.2. The zero-order valence-corrected chi connectivity index (χ0v) is 16.4. The van der Waals surface area contributed by atoms with E-state index in [0.717, 1.165) is 19.4 Å². The first-order valence-corrected chi connectivity index (χ1v) is 9.31. The van der Waals surface area contributed by atoms with Gasteiger partial charge in [0, 0.05) is 6.54 Å². The minimum absolute atomic E-state index is 0.0629. The number of nitrogens with zero attached hydrogens (tertiary/aromatic N) is 1. The summed E-state index contributed by atoms with van der Waals surface area (Å²) in [6.07, 6.45) is 3.43. The summed E-state index contributed by atoms with van der Waals surface area (Å²) in [5.74, 6) is 1.12. The largest absolute Gasteiger partial charge is 0.507 e. The van der Waals surface area contributed by atoms with E-state index in [1.165, 1.54) is 19.4 Å². The molecule has 1 N–H and O–H groups in total. The van der Waals surface area contributed by atoms with Crippen LogP contribution in [-0.4, -0.2) is 30.7 Å². The van der Waals surface area contributed by atoms with Crippen LogP contribution in [0.1, 0.15) is 25.3 Å². The molecule has 3 aromatic rings. The molecule has 0 saturated carbocycles. The van der Waals surface area contributed by atoms with Crippen LogP contribution in [0.3, 0.4) is 0 Å². The lowest BCUT2D eigenvalue weighted by Crippen LogP contribution is -2.19. The van der Waals surface area contributed by atoms with Crippen molar-refractivity contribution in [3.8, 4) is 23.0 Å². The highest BCUT2D eigenvalue weighted by molar-refractivity contribution is 5.83. The minimum atomic E-state index is -0.301. The van der Waals surface area contributed by atoms with Gasteiger partial charge in [0.1, 0.15) is 17.6 Å². The molecule has 0 radical (unpaired) electrons. The van der Waals surface area contributed by atoms with Gasteiger partial charge in [-0.25, -0.2) is 0 Å². The van der Waals surface area contributed by atoms with Gasteiger partial charge >= 0.3 is 0 Å². The lowest BCUT2D eigenvalue weighted by atomic mass is 10.1. The number of fused-ring (bicyclic) bond motifs is 1.